The van der Waals surface area contributed by atoms with Crippen LogP contribution < -0.4 is 49.5 Å². The molecule has 3 atom stereocenters. The predicted octanol–water partition coefficient (Wildman–Crippen LogP) is -6.42. The average molecular weight is 563 g/mol. The molecule has 0 fully saturated rings. The molecular formula is C19H34N10O8S. The van der Waals surface area contributed by atoms with Crippen LogP contribution in [0.4, 0.5) is 0 Å². The minimum Gasteiger partial charge on any atom is -0.480 e. The number of hydrogen-bond donors (Lipinski definition) is 11. The number of nitrogens with one attached hydrogen (secondary N) is 5. The van der Waals surface area contributed by atoms with Crippen LogP contribution in [0.1, 0.15) is 19.3 Å². The highest BCUT2D eigenvalue weighted by atomic mass is 32.1. The highest BCUT2D eigenvalue weighted by Gasteiger charge is 2.26. The van der Waals surface area contributed by atoms with Gasteiger partial charge >= 0.3 is 5.97 Å². The summed E-state index contributed by atoms with van der Waals surface area (Å²) in [5.74, 6) is -6.48. The van der Waals surface area contributed by atoms with Crippen LogP contribution in [0.5, 0.6) is 0 Å². The molecule has 0 heterocycles. The number of carboxylic acid groups (broad SMARTS) is 1. The topological polar surface area (TPSA) is 316 Å². The number of aliphatic imine (C=N–C) groups is 1. The minimum atomic E-state index is -1.49. The van der Waals surface area contributed by atoms with Gasteiger partial charge in [-0.15, -0.1) is 0 Å². The van der Waals surface area contributed by atoms with Crippen molar-refractivity contribution in [3.05, 3.63) is 0 Å². The third-order valence-electron chi connectivity index (χ3n) is 4.45. The number of thiol groups is 1. The Bertz CT molecular complexity index is 912. The number of aliphatic carboxylic acids is 1. The smallest absolute Gasteiger partial charge is 0.322 e. The van der Waals surface area contributed by atoms with Gasteiger partial charge in [-0.3, -0.25) is 38.6 Å². The number of guanidine groups is 1. The van der Waals surface area contributed by atoms with E-state index in [9.17, 15) is 33.6 Å². The van der Waals surface area contributed by atoms with Crippen LogP contribution in [-0.2, 0) is 33.6 Å². The third kappa shape index (κ3) is 15.8. The molecule has 19 heteroatoms. The van der Waals surface area contributed by atoms with Gasteiger partial charge in [0.1, 0.15) is 18.6 Å². The summed E-state index contributed by atoms with van der Waals surface area (Å²) in [4.78, 5) is 86.5. The Morgan fingerprint density at radius 2 is 1.37 bits per heavy atom. The van der Waals surface area contributed by atoms with Crippen molar-refractivity contribution >= 4 is 60.0 Å². The average Bonchev–Trinajstić information content (AvgIpc) is 2.84. The van der Waals surface area contributed by atoms with Gasteiger partial charge in [0.15, 0.2) is 5.96 Å². The van der Waals surface area contributed by atoms with Crippen LogP contribution in [0.15, 0.2) is 4.99 Å². The van der Waals surface area contributed by atoms with Gasteiger partial charge in [-0.25, -0.2) is 0 Å². The molecule has 14 N–H and O–H groups in total. The first kappa shape index (κ1) is 33.9. The first-order chi connectivity index (χ1) is 17.8. The SMILES string of the molecule is NC(=O)C[C@@H](NC(=O)CNC(=O)[C@@H](CCCN=C(N)N)NC(=O)[C@H](N)CS)C(=O)NCC(=O)NCC(=O)O. The Morgan fingerprint density at radius 3 is 1.89 bits per heavy atom. The fourth-order valence-electron chi connectivity index (χ4n) is 2.61. The van der Waals surface area contributed by atoms with E-state index < -0.39 is 85.6 Å². The summed E-state index contributed by atoms with van der Waals surface area (Å²) in [6.45, 7) is -1.80. The summed E-state index contributed by atoms with van der Waals surface area (Å²) >= 11 is 3.93. The first-order valence-corrected chi connectivity index (χ1v) is 11.7. The number of carbonyl (C=O) groups is 7. The summed E-state index contributed by atoms with van der Waals surface area (Å²) < 4.78 is 0. The van der Waals surface area contributed by atoms with Gasteiger partial charge in [0, 0.05) is 12.3 Å². The van der Waals surface area contributed by atoms with E-state index in [0.717, 1.165) is 0 Å². The molecular weight excluding hydrogens is 528 g/mol. The molecule has 38 heavy (non-hydrogen) atoms. The Labute approximate surface area is 222 Å². The highest BCUT2D eigenvalue weighted by Crippen LogP contribution is 2.00. The van der Waals surface area contributed by atoms with E-state index in [0.29, 0.717) is 6.42 Å². The van der Waals surface area contributed by atoms with Crippen LogP contribution in [0.2, 0.25) is 0 Å². The quantitative estimate of drug-likeness (QED) is 0.0323. The van der Waals surface area contributed by atoms with Crippen molar-refractivity contribution in [2.75, 3.05) is 31.9 Å². The molecule has 0 radical (unpaired) electrons. The molecule has 0 aliphatic rings. The number of nitrogens with two attached hydrogens (primary N) is 4. The maximum Gasteiger partial charge on any atom is 0.322 e. The number of hydrogen-bond acceptors (Lipinski definition) is 10. The second kappa shape index (κ2) is 18.2. The Kier molecular flexibility index (Phi) is 16.2. The normalized spacial score (nSPS) is 12.6. The molecule has 0 aromatic carbocycles. The molecule has 0 aromatic rings. The molecule has 0 rings (SSSR count). The number of primary amides is 1. The van der Waals surface area contributed by atoms with Crippen LogP contribution in [0, 0.1) is 0 Å². The molecule has 18 nitrogen and oxygen atoms in total. The second-order valence-electron chi connectivity index (χ2n) is 7.70. The maximum atomic E-state index is 12.6. The number of carboxylic acids is 1. The molecule has 0 aliphatic carbocycles. The fourth-order valence-corrected chi connectivity index (χ4v) is 2.77. The van der Waals surface area contributed by atoms with E-state index in [1.54, 1.807) is 0 Å². The van der Waals surface area contributed by atoms with Gasteiger partial charge in [-0.05, 0) is 12.8 Å². The van der Waals surface area contributed by atoms with Crippen molar-refractivity contribution in [3.63, 3.8) is 0 Å². The van der Waals surface area contributed by atoms with Crippen molar-refractivity contribution in [1.29, 1.82) is 0 Å². The second-order valence-corrected chi connectivity index (χ2v) is 8.06. The van der Waals surface area contributed by atoms with Crippen molar-refractivity contribution in [2.24, 2.45) is 27.9 Å². The molecule has 214 valence electrons. The van der Waals surface area contributed by atoms with E-state index in [2.05, 4.69) is 38.9 Å². The monoisotopic (exact) mass is 562 g/mol. The predicted molar refractivity (Wildman–Crippen MR) is 136 cm³/mol. The first-order valence-electron chi connectivity index (χ1n) is 11.1. The number of amides is 6. The lowest BCUT2D eigenvalue weighted by Gasteiger charge is -2.21. The lowest BCUT2D eigenvalue weighted by Crippen LogP contribution is -2.55. The summed E-state index contributed by atoms with van der Waals surface area (Å²) in [6.07, 6.45) is -0.251. The third-order valence-corrected chi connectivity index (χ3v) is 4.85. The van der Waals surface area contributed by atoms with E-state index in [1.165, 1.54) is 0 Å². The number of rotatable bonds is 18. The molecule has 0 saturated heterocycles. The lowest BCUT2D eigenvalue weighted by molar-refractivity contribution is -0.138. The number of nitrogens with zero attached hydrogens (tertiary/aromatic N) is 1. The summed E-state index contributed by atoms with van der Waals surface area (Å²) in [6, 6.07) is -3.59. The van der Waals surface area contributed by atoms with E-state index in [-0.39, 0.29) is 24.7 Å². The highest BCUT2D eigenvalue weighted by molar-refractivity contribution is 7.80. The van der Waals surface area contributed by atoms with Gasteiger partial charge in [-0.2, -0.15) is 12.6 Å². The zero-order chi connectivity index (χ0) is 29.3. The van der Waals surface area contributed by atoms with E-state index in [1.807, 2.05) is 5.32 Å². The van der Waals surface area contributed by atoms with Gasteiger partial charge in [0.05, 0.1) is 25.6 Å². The lowest BCUT2D eigenvalue weighted by atomic mass is 10.1. The van der Waals surface area contributed by atoms with Crippen molar-refractivity contribution < 1.29 is 38.7 Å². The zero-order valence-electron chi connectivity index (χ0n) is 20.4. The Morgan fingerprint density at radius 1 is 0.789 bits per heavy atom. The molecule has 0 saturated carbocycles. The Hall–Kier alpha value is -4.13. The van der Waals surface area contributed by atoms with Crippen molar-refractivity contribution in [3.8, 4) is 0 Å². The van der Waals surface area contributed by atoms with Gasteiger partial charge in [0.2, 0.25) is 35.4 Å². The van der Waals surface area contributed by atoms with Crippen LogP contribution in [0.25, 0.3) is 0 Å². The summed E-state index contributed by atoms with van der Waals surface area (Å²) in [5, 5.41) is 19.6. The van der Waals surface area contributed by atoms with Crippen molar-refractivity contribution in [2.45, 2.75) is 37.4 Å². The van der Waals surface area contributed by atoms with E-state index >= 15 is 0 Å². The molecule has 0 spiro atoms. The fraction of sp³-hybridized carbons (Fsp3) is 0.579. The van der Waals surface area contributed by atoms with Crippen LogP contribution in [-0.4, -0.2) is 103 Å². The maximum absolute atomic E-state index is 12.6. The number of carbonyl (C=O) groups excluding carboxylic acids is 6. The van der Waals surface area contributed by atoms with E-state index in [4.69, 9.17) is 28.0 Å². The van der Waals surface area contributed by atoms with Crippen molar-refractivity contribution in [1.82, 2.24) is 26.6 Å². The largest absolute Gasteiger partial charge is 0.480 e. The standard InChI is InChI=1S/C19H34N10O8S/c20-9(8-38)16(35)29-10(2-1-3-24-19(22)23)17(36)27-6-14(32)28-11(4-12(21)30)18(37)26-5-13(31)25-7-15(33)34/h9-11,38H,1-8,20H2,(H2,21,30)(H,25,31)(H,26,37)(H,27,36)(H,28,32)(H,29,35)(H,33,34)(H4,22,23,24)/t9-,10-,11-/m1/s1. The van der Waals surface area contributed by atoms with Crippen LogP contribution in [0.3, 0.4) is 0 Å². The van der Waals surface area contributed by atoms with Gasteiger partial charge in [-0.1, -0.05) is 0 Å². The summed E-state index contributed by atoms with van der Waals surface area (Å²) in [5.41, 5.74) is 21.2. The molecule has 0 aliphatic heterocycles. The van der Waals surface area contributed by atoms with Gasteiger partial charge in [0.25, 0.3) is 0 Å². The summed E-state index contributed by atoms with van der Waals surface area (Å²) in [7, 11) is 0. The zero-order valence-corrected chi connectivity index (χ0v) is 21.3. The van der Waals surface area contributed by atoms with Crippen LogP contribution >= 0.6 is 12.6 Å². The molecule has 0 aromatic heterocycles. The Balaban J connectivity index is 5.06. The molecule has 0 bridgehead atoms. The minimum absolute atomic E-state index is 0.0150. The van der Waals surface area contributed by atoms with Gasteiger partial charge < -0.3 is 54.6 Å². The molecule has 0 unspecified atom stereocenters. The molecule has 6 amide bonds.